The number of anilines is 2. The summed E-state index contributed by atoms with van der Waals surface area (Å²) in [6.07, 6.45) is 2.89. The van der Waals surface area contributed by atoms with Gasteiger partial charge in [0.15, 0.2) is 0 Å². The third-order valence-electron chi connectivity index (χ3n) is 5.43. The zero-order valence-electron chi connectivity index (χ0n) is 16.0. The quantitative estimate of drug-likeness (QED) is 0.727. The minimum atomic E-state index is -0.432. The van der Waals surface area contributed by atoms with Gasteiger partial charge in [0.05, 0.1) is 18.4 Å². The molecule has 6 nitrogen and oxygen atoms in total. The van der Waals surface area contributed by atoms with Crippen molar-refractivity contribution in [2.75, 3.05) is 23.4 Å². The van der Waals surface area contributed by atoms with Crippen LogP contribution >= 0.6 is 0 Å². The molecule has 1 saturated carbocycles. The number of hydrogen-bond donors (Lipinski definition) is 3. The van der Waals surface area contributed by atoms with Gasteiger partial charge in [-0.3, -0.25) is 0 Å². The standard InChI is InChI=1S/C21H28N4O2/c1-13(12-26)22-21-23-19(15-3-4-15)10-20(24-21)25-8-7-17-9-16(14(2)27)5-6-18(17)11-25/h5-6,9-10,13-15,26-27H,3-4,7-8,11-12H2,1-2H3,(H,22,23,24)/t13-,14+/m1/s1. The zero-order valence-corrected chi connectivity index (χ0v) is 16.0. The van der Waals surface area contributed by atoms with E-state index in [2.05, 4.69) is 33.4 Å². The first-order valence-electron chi connectivity index (χ1n) is 9.84. The van der Waals surface area contributed by atoms with Gasteiger partial charge in [-0.1, -0.05) is 18.2 Å². The number of nitrogens with zero attached hydrogens (tertiary/aromatic N) is 3. The Hall–Kier alpha value is -2.18. The second-order valence-corrected chi connectivity index (χ2v) is 7.85. The molecule has 0 bridgehead atoms. The molecule has 0 spiro atoms. The number of aromatic nitrogens is 2. The predicted octanol–water partition coefficient (Wildman–Crippen LogP) is 2.76. The van der Waals surface area contributed by atoms with Crippen molar-refractivity contribution < 1.29 is 10.2 Å². The van der Waals surface area contributed by atoms with Crippen LogP contribution in [0.2, 0.25) is 0 Å². The smallest absolute Gasteiger partial charge is 0.225 e. The van der Waals surface area contributed by atoms with Crippen molar-refractivity contribution >= 4 is 11.8 Å². The van der Waals surface area contributed by atoms with Gasteiger partial charge in [0, 0.05) is 31.1 Å². The van der Waals surface area contributed by atoms with E-state index < -0.39 is 6.10 Å². The lowest BCUT2D eigenvalue weighted by Crippen LogP contribution is -2.32. The van der Waals surface area contributed by atoms with Gasteiger partial charge >= 0.3 is 0 Å². The average Bonchev–Trinajstić information content (AvgIpc) is 3.52. The number of benzene rings is 1. The summed E-state index contributed by atoms with van der Waals surface area (Å²) in [5, 5.41) is 22.4. The Morgan fingerprint density at radius 1 is 1.19 bits per heavy atom. The Labute approximate surface area is 160 Å². The van der Waals surface area contributed by atoms with Crippen LogP contribution < -0.4 is 10.2 Å². The van der Waals surface area contributed by atoms with Crippen LogP contribution in [-0.2, 0) is 13.0 Å². The number of nitrogens with one attached hydrogen (secondary N) is 1. The largest absolute Gasteiger partial charge is 0.394 e. The van der Waals surface area contributed by atoms with E-state index in [0.717, 1.165) is 36.6 Å². The average molecular weight is 368 g/mol. The summed E-state index contributed by atoms with van der Waals surface area (Å²) in [6, 6.07) is 8.32. The maximum absolute atomic E-state index is 9.81. The highest BCUT2D eigenvalue weighted by molar-refractivity contribution is 5.50. The molecule has 2 atom stereocenters. The summed E-state index contributed by atoms with van der Waals surface area (Å²) in [6.45, 7) is 5.48. The topological polar surface area (TPSA) is 81.5 Å². The molecule has 144 valence electrons. The van der Waals surface area contributed by atoms with E-state index in [1.165, 1.54) is 24.0 Å². The van der Waals surface area contributed by atoms with Crippen LogP contribution in [0.1, 0.15) is 61.1 Å². The van der Waals surface area contributed by atoms with Crippen LogP contribution in [0.15, 0.2) is 24.3 Å². The molecule has 1 aromatic carbocycles. The van der Waals surface area contributed by atoms with Crippen LogP contribution in [0.4, 0.5) is 11.8 Å². The van der Waals surface area contributed by atoms with E-state index in [-0.39, 0.29) is 12.6 Å². The molecule has 1 aliphatic carbocycles. The van der Waals surface area contributed by atoms with Gasteiger partial charge < -0.3 is 20.4 Å². The number of rotatable bonds is 6. The normalized spacial score (nSPS) is 18.7. The molecule has 0 unspecified atom stereocenters. The summed E-state index contributed by atoms with van der Waals surface area (Å²) in [4.78, 5) is 11.7. The van der Waals surface area contributed by atoms with Crippen LogP contribution in [-0.4, -0.2) is 39.4 Å². The molecule has 2 aromatic rings. The van der Waals surface area contributed by atoms with E-state index in [0.29, 0.717) is 11.9 Å². The molecular formula is C21H28N4O2. The van der Waals surface area contributed by atoms with Gasteiger partial charge in [-0.25, -0.2) is 4.98 Å². The highest BCUT2D eigenvalue weighted by atomic mass is 16.3. The minimum Gasteiger partial charge on any atom is -0.394 e. The fourth-order valence-electron chi connectivity index (χ4n) is 3.56. The van der Waals surface area contributed by atoms with E-state index in [1.807, 2.05) is 13.0 Å². The van der Waals surface area contributed by atoms with Crippen LogP contribution in [0.5, 0.6) is 0 Å². The Kier molecular flexibility index (Phi) is 5.02. The summed E-state index contributed by atoms with van der Waals surface area (Å²) in [5.74, 6) is 2.10. The van der Waals surface area contributed by atoms with Gasteiger partial charge in [-0.15, -0.1) is 0 Å². The van der Waals surface area contributed by atoms with E-state index >= 15 is 0 Å². The molecule has 4 rings (SSSR count). The highest BCUT2D eigenvalue weighted by Crippen LogP contribution is 2.40. The lowest BCUT2D eigenvalue weighted by molar-refractivity contribution is 0.199. The Morgan fingerprint density at radius 3 is 2.70 bits per heavy atom. The van der Waals surface area contributed by atoms with Gasteiger partial charge in [0.1, 0.15) is 5.82 Å². The maximum Gasteiger partial charge on any atom is 0.225 e. The van der Waals surface area contributed by atoms with Crippen LogP contribution in [0.3, 0.4) is 0 Å². The molecule has 27 heavy (non-hydrogen) atoms. The molecule has 1 aliphatic heterocycles. The van der Waals surface area contributed by atoms with Crippen LogP contribution in [0, 0.1) is 0 Å². The van der Waals surface area contributed by atoms with Crippen molar-refractivity contribution in [3.05, 3.63) is 46.6 Å². The maximum atomic E-state index is 9.81. The zero-order chi connectivity index (χ0) is 19.0. The molecule has 0 radical (unpaired) electrons. The number of hydrogen-bond acceptors (Lipinski definition) is 6. The van der Waals surface area contributed by atoms with E-state index in [9.17, 15) is 10.2 Å². The third-order valence-corrected chi connectivity index (χ3v) is 5.43. The first-order chi connectivity index (χ1) is 13.0. The number of fused-ring (bicyclic) bond motifs is 1. The fraction of sp³-hybridized carbons (Fsp3) is 0.524. The molecule has 0 amide bonds. The summed E-state index contributed by atoms with van der Waals surface area (Å²) < 4.78 is 0. The Morgan fingerprint density at radius 2 is 2.00 bits per heavy atom. The molecule has 1 fully saturated rings. The molecule has 2 aliphatic rings. The van der Waals surface area contributed by atoms with Gasteiger partial charge in [-0.2, -0.15) is 4.98 Å². The summed E-state index contributed by atoms with van der Waals surface area (Å²) in [5.41, 5.74) is 4.68. The van der Waals surface area contributed by atoms with E-state index in [4.69, 9.17) is 4.98 Å². The molecule has 0 saturated heterocycles. The molecule has 1 aromatic heterocycles. The molecule has 3 N–H and O–H groups in total. The second-order valence-electron chi connectivity index (χ2n) is 7.85. The SMILES string of the molecule is C[C@H](CO)Nc1nc(C2CC2)cc(N2CCc3cc([C@H](C)O)ccc3C2)n1. The van der Waals surface area contributed by atoms with Gasteiger partial charge in [0.2, 0.25) is 5.95 Å². The second kappa shape index (κ2) is 7.44. The van der Waals surface area contributed by atoms with Crippen molar-refractivity contribution in [3.8, 4) is 0 Å². The predicted molar refractivity (Wildman–Crippen MR) is 106 cm³/mol. The van der Waals surface area contributed by atoms with Crippen molar-refractivity contribution in [1.82, 2.24) is 9.97 Å². The molecule has 2 heterocycles. The van der Waals surface area contributed by atoms with Crippen molar-refractivity contribution in [2.24, 2.45) is 0 Å². The van der Waals surface area contributed by atoms with Crippen LogP contribution in [0.25, 0.3) is 0 Å². The highest BCUT2D eigenvalue weighted by Gasteiger charge is 2.28. The van der Waals surface area contributed by atoms with E-state index in [1.54, 1.807) is 6.92 Å². The number of aliphatic hydroxyl groups excluding tert-OH is 2. The first-order valence-corrected chi connectivity index (χ1v) is 9.84. The lowest BCUT2D eigenvalue weighted by atomic mass is 9.96. The molecule has 6 heteroatoms. The van der Waals surface area contributed by atoms with Crippen molar-refractivity contribution in [2.45, 2.75) is 57.7 Å². The Bertz CT molecular complexity index is 820. The minimum absolute atomic E-state index is 0.0506. The summed E-state index contributed by atoms with van der Waals surface area (Å²) in [7, 11) is 0. The molecular weight excluding hydrogens is 340 g/mol. The Balaban J connectivity index is 1.59. The first kappa shape index (κ1) is 18.2. The van der Waals surface area contributed by atoms with Gasteiger partial charge in [-0.05, 0) is 49.8 Å². The fourth-order valence-corrected chi connectivity index (χ4v) is 3.56. The van der Waals surface area contributed by atoms with Crippen molar-refractivity contribution in [1.29, 1.82) is 0 Å². The summed E-state index contributed by atoms with van der Waals surface area (Å²) >= 11 is 0. The number of aliphatic hydroxyl groups is 2. The lowest BCUT2D eigenvalue weighted by Gasteiger charge is -2.31. The third kappa shape index (κ3) is 4.06. The monoisotopic (exact) mass is 368 g/mol. The van der Waals surface area contributed by atoms with Crippen molar-refractivity contribution in [3.63, 3.8) is 0 Å². The van der Waals surface area contributed by atoms with Gasteiger partial charge in [0.25, 0.3) is 0 Å².